The number of Topliss-reactive ketones (excluding diaryl/α,β-unsaturated/α-hetero) is 1. The summed E-state index contributed by atoms with van der Waals surface area (Å²) in [6, 6.07) is 17.1. The van der Waals surface area contributed by atoms with Crippen LogP contribution in [0, 0.1) is 0 Å². The van der Waals surface area contributed by atoms with Gasteiger partial charge in [0, 0.05) is 17.7 Å². The van der Waals surface area contributed by atoms with Crippen molar-refractivity contribution in [1.82, 2.24) is 0 Å². The van der Waals surface area contributed by atoms with Crippen LogP contribution in [0.5, 0.6) is 5.75 Å². The minimum absolute atomic E-state index is 0.0761. The second kappa shape index (κ2) is 7.10. The molecule has 0 radical (unpaired) electrons. The van der Waals surface area contributed by atoms with E-state index in [9.17, 15) is 14.7 Å². The number of phenolic OH excluding ortho intramolecular Hbond substituents is 1. The van der Waals surface area contributed by atoms with Gasteiger partial charge in [-0.05, 0) is 41.3 Å². The normalized spacial score (nSPS) is 10.3. The molecule has 5 heteroatoms. The average molecular weight is 337 g/mol. The molecule has 3 rings (SSSR count). The molecule has 0 aliphatic carbocycles. The first-order valence-corrected chi connectivity index (χ1v) is 8.26. The molecule has 4 nitrogen and oxygen atoms in total. The van der Waals surface area contributed by atoms with E-state index in [1.807, 2.05) is 11.4 Å². The topological polar surface area (TPSA) is 66.4 Å². The fourth-order valence-electron chi connectivity index (χ4n) is 2.32. The number of ketones is 1. The Labute approximate surface area is 143 Å². The number of rotatable bonds is 5. The Morgan fingerprint density at radius 2 is 1.83 bits per heavy atom. The number of benzene rings is 2. The van der Waals surface area contributed by atoms with E-state index < -0.39 is 0 Å². The van der Waals surface area contributed by atoms with Crippen molar-refractivity contribution in [2.45, 2.75) is 6.42 Å². The Balaban J connectivity index is 1.72. The number of carbonyl (C=O) groups is 2. The average Bonchev–Trinajstić information content (AvgIpc) is 3.10. The third kappa shape index (κ3) is 3.88. The molecular formula is C19H15NO3S. The number of nitrogens with one attached hydrogen (secondary N) is 1. The van der Waals surface area contributed by atoms with Crippen LogP contribution in [0.4, 0.5) is 5.69 Å². The lowest BCUT2D eigenvalue weighted by atomic mass is 10.0. The first kappa shape index (κ1) is 16.0. The summed E-state index contributed by atoms with van der Waals surface area (Å²) < 4.78 is 0. The van der Waals surface area contributed by atoms with Gasteiger partial charge < -0.3 is 10.4 Å². The lowest BCUT2D eigenvalue weighted by Crippen LogP contribution is -2.11. The van der Waals surface area contributed by atoms with Gasteiger partial charge in [-0.3, -0.25) is 9.59 Å². The fourth-order valence-corrected chi connectivity index (χ4v) is 2.94. The summed E-state index contributed by atoms with van der Waals surface area (Å²) in [5, 5.41) is 14.1. The zero-order chi connectivity index (χ0) is 16.9. The smallest absolute Gasteiger partial charge is 0.265 e. The molecule has 0 atom stereocenters. The summed E-state index contributed by atoms with van der Waals surface area (Å²) in [6.45, 7) is 0. The largest absolute Gasteiger partial charge is 0.508 e. The Hall–Kier alpha value is -2.92. The second-order valence-electron chi connectivity index (χ2n) is 5.28. The Bertz CT molecular complexity index is 872. The van der Waals surface area contributed by atoms with Crippen molar-refractivity contribution in [3.63, 3.8) is 0 Å². The molecule has 3 aromatic rings. The van der Waals surface area contributed by atoms with Crippen LogP contribution < -0.4 is 5.32 Å². The van der Waals surface area contributed by atoms with E-state index in [2.05, 4.69) is 5.32 Å². The van der Waals surface area contributed by atoms with Crippen molar-refractivity contribution in [1.29, 1.82) is 0 Å². The Morgan fingerprint density at radius 3 is 2.58 bits per heavy atom. The van der Waals surface area contributed by atoms with Gasteiger partial charge in [-0.25, -0.2) is 0 Å². The molecule has 0 unspecified atom stereocenters. The highest BCUT2D eigenvalue weighted by Gasteiger charge is 2.11. The first-order valence-electron chi connectivity index (χ1n) is 7.38. The highest BCUT2D eigenvalue weighted by molar-refractivity contribution is 7.12. The number of aromatic hydroxyl groups is 1. The zero-order valence-electron chi connectivity index (χ0n) is 12.7. The lowest BCUT2D eigenvalue weighted by molar-refractivity contribution is 0.0990. The second-order valence-corrected chi connectivity index (χ2v) is 6.23. The summed E-state index contributed by atoms with van der Waals surface area (Å²) in [5.41, 5.74) is 1.84. The molecule has 0 saturated carbocycles. The number of carbonyl (C=O) groups excluding carboxylic acids is 2. The van der Waals surface area contributed by atoms with Crippen LogP contribution in [0.1, 0.15) is 25.6 Å². The van der Waals surface area contributed by atoms with Crippen molar-refractivity contribution in [3.05, 3.63) is 82.0 Å². The van der Waals surface area contributed by atoms with Gasteiger partial charge in [0.2, 0.25) is 0 Å². The third-order valence-electron chi connectivity index (χ3n) is 3.46. The number of hydrogen-bond acceptors (Lipinski definition) is 4. The molecule has 0 fully saturated rings. The van der Waals surface area contributed by atoms with Crippen LogP contribution in [-0.2, 0) is 6.42 Å². The van der Waals surface area contributed by atoms with Crippen LogP contribution in [0.15, 0.2) is 66.0 Å². The number of hydrogen-bond donors (Lipinski definition) is 2. The highest BCUT2D eigenvalue weighted by atomic mass is 32.1. The third-order valence-corrected chi connectivity index (χ3v) is 4.33. The molecule has 24 heavy (non-hydrogen) atoms. The number of phenols is 1. The zero-order valence-corrected chi connectivity index (χ0v) is 13.5. The lowest BCUT2D eigenvalue weighted by Gasteiger charge is -2.07. The quantitative estimate of drug-likeness (QED) is 0.688. The molecule has 2 N–H and O–H groups in total. The maximum absolute atomic E-state index is 12.4. The molecule has 1 amide bonds. The van der Waals surface area contributed by atoms with E-state index in [1.165, 1.54) is 11.3 Å². The van der Waals surface area contributed by atoms with Crippen molar-refractivity contribution in [3.8, 4) is 5.75 Å². The predicted molar refractivity (Wildman–Crippen MR) is 94.9 cm³/mol. The maximum atomic E-state index is 12.4. The van der Waals surface area contributed by atoms with Crippen molar-refractivity contribution < 1.29 is 14.7 Å². The minimum atomic E-state index is -0.192. The number of anilines is 1. The van der Waals surface area contributed by atoms with Gasteiger partial charge in [0.25, 0.3) is 5.91 Å². The summed E-state index contributed by atoms with van der Waals surface area (Å²) in [5.74, 6) is -0.132. The van der Waals surface area contributed by atoms with Crippen LogP contribution in [0.2, 0.25) is 0 Å². The monoisotopic (exact) mass is 337 g/mol. The number of amides is 1. The van der Waals surface area contributed by atoms with Gasteiger partial charge >= 0.3 is 0 Å². The van der Waals surface area contributed by atoms with Crippen molar-refractivity contribution in [2.75, 3.05) is 5.32 Å². The van der Waals surface area contributed by atoms with E-state index in [0.717, 1.165) is 5.56 Å². The van der Waals surface area contributed by atoms with Crippen LogP contribution >= 0.6 is 11.3 Å². The van der Waals surface area contributed by atoms with Crippen LogP contribution in [-0.4, -0.2) is 16.8 Å². The Kier molecular flexibility index (Phi) is 4.72. The van der Waals surface area contributed by atoms with Crippen molar-refractivity contribution >= 4 is 28.7 Å². The Morgan fingerprint density at radius 1 is 1.00 bits per heavy atom. The minimum Gasteiger partial charge on any atom is -0.508 e. The molecule has 0 spiro atoms. The van der Waals surface area contributed by atoms with Gasteiger partial charge in [-0.2, -0.15) is 0 Å². The van der Waals surface area contributed by atoms with E-state index in [1.54, 1.807) is 54.6 Å². The molecule has 0 bridgehead atoms. The molecule has 0 aliphatic heterocycles. The summed E-state index contributed by atoms with van der Waals surface area (Å²) >= 11 is 1.36. The fraction of sp³-hybridized carbons (Fsp3) is 0.0526. The highest BCUT2D eigenvalue weighted by Crippen LogP contribution is 2.17. The van der Waals surface area contributed by atoms with Gasteiger partial charge in [0.15, 0.2) is 5.78 Å². The molecule has 120 valence electrons. The molecular weight excluding hydrogens is 322 g/mol. The van der Waals surface area contributed by atoms with Crippen LogP contribution in [0.3, 0.4) is 0 Å². The van der Waals surface area contributed by atoms with Gasteiger partial charge in [-0.15, -0.1) is 11.3 Å². The van der Waals surface area contributed by atoms with E-state index in [4.69, 9.17) is 0 Å². The predicted octanol–water partition coefficient (Wildman–Crippen LogP) is 4.13. The van der Waals surface area contributed by atoms with Gasteiger partial charge in [-0.1, -0.05) is 30.3 Å². The summed E-state index contributed by atoms with van der Waals surface area (Å²) in [7, 11) is 0. The molecule has 1 aromatic heterocycles. The van der Waals surface area contributed by atoms with Gasteiger partial charge in [0.1, 0.15) is 5.75 Å². The van der Waals surface area contributed by atoms with E-state index >= 15 is 0 Å². The summed E-state index contributed by atoms with van der Waals surface area (Å²) in [4.78, 5) is 25.1. The molecule has 1 heterocycles. The van der Waals surface area contributed by atoms with Crippen molar-refractivity contribution in [2.24, 2.45) is 0 Å². The standard InChI is InChI=1S/C19H15NO3S/c21-16-7-1-4-13(10-16)11-17(22)14-5-2-6-15(12-14)20-19(23)18-8-3-9-24-18/h1-10,12,21H,11H2,(H,20,23). The maximum Gasteiger partial charge on any atom is 0.265 e. The van der Waals surface area contributed by atoms with E-state index in [0.29, 0.717) is 16.1 Å². The first-order chi connectivity index (χ1) is 11.6. The number of thiophene rings is 1. The molecule has 0 aliphatic rings. The van der Waals surface area contributed by atoms with Crippen LogP contribution in [0.25, 0.3) is 0 Å². The van der Waals surface area contributed by atoms with Gasteiger partial charge in [0.05, 0.1) is 4.88 Å². The SMILES string of the molecule is O=C(Cc1cccc(O)c1)c1cccc(NC(=O)c2cccs2)c1. The van der Waals surface area contributed by atoms with E-state index in [-0.39, 0.29) is 23.9 Å². The molecule has 2 aromatic carbocycles. The summed E-state index contributed by atoms with van der Waals surface area (Å²) in [6.07, 6.45) is 0.191. The molecule has 0 saturated heterocycles.